The van der Waals surface area contributed by atoms with E-state index in [1.807, 2.05) is 12.2 Å². The van der Waals surface area contributed by atoms with E-state index in [-0.39, 0.29) is 5.97 Å². The van der Waals surface area contributed by atoms with Gasteiger partial charge in [-0.15, -0.1) is 0 Å². The summed E-state index contributed by atoms with van der Waals surface area (Å²) in [4.78, 5) is 12.4. The molecular weight excluding hydrogens is 597 g/mol. The van der Waals surface area contributed by atoms with Crippen LogP contribution in [-0.2, 0) is 9.53 Å². The highest BCUT2D eigenvalue weighted by atomic mass is 16.5. The van der Waals surface area contributed by atoms with Crippen LogP contribution in [0.5, 0.6) is 0 Å². The molecule has 0 spiro atoms. The van der Waals surface area contributed by atoms with Crippen LogP contribution >= 0.6 is 0 Å². The topological polar surface area (TPSA) is 26.3 Å². The third-order valence-corrected chi connectivity index (χ3v) is 15.5. The Bertz CT molecular complexity index is 994. The predicted octanol–water partition coefficient (Wildman–Crippen LogP) is 14.5. The molecule has 0 N–H and O–H groups in total. The Morgan fingerprint density at radius 3 is 2.12 bits per heavy atom. The van der Waals surface area contributed by atoms with E-state index in [1.54, 1.807) is 6.08 Å². The first-order valence-corrected chi connectivity index (χ1v) is 22.2. The van der Waals surface area contributed by atoms with Gasteiger partial charge >= 0.3 is 5.97 Å². The zero-order valence-corrected chi connectivity index (χ0v) is 33.6. The molecule has 0 radical (unpaired) electrons. The Kier molecular flexibility index (Phi) is 17.3. The smallest absolute Gasteiger partial charge is 0.330 e. The SMILES string of the molecule is CCCCCCCCCCCCCC=CC=CC(=O)OCC[C@H](CC[C@@H](C)[C@H]1CC[C@H]2[C@@H]3CCC4CCCC[C@]4(C)[C@H]3CC[C@]12C)C(C)C. The second kappa shape index (κ2) is 20.9. The molecule has 1 unspecified atom stereocenters. The van der Waals surface area contributed by atoms with Gasteiger partial charge in [-0.2, -0.15) is 0 Å². The molecule has 0 saturated heterocycles. The van der Waals surface area contributed by atoms with Crippen LogP contribution < -0.4 is 0 Å². The molecule has 4 rings (SSSR count). The maximum atomic E-state index is 12.4. The molecule has 4 saturated carbocycles. The van der Waals surface area contributed by atoms with Crippen LogP contribution in [0.4, 0.5) is 0 Å². The fourth-order valence-corrected chi connectivity index (χ4v) is 12.4. The molecule has 4 fully saturated rings. The normalized spacial score (nSPS) is 32.7. The minimum absolute atomic E-state index is 0.188. The maximum absolute atomic E-state index is 12.4. The number of esters is 1. The maximum Gasteiger partial charge on any atom is 0.330 e. The Morgan fingerprint density at radius 1 is 0.714 bits per heavy atom. The number of unbranched alkanes of at least 4 members (excludes halogenated alkanes) is 11. The fourth-order valence-electron chi connectivity index (χ4n) is 12.4. The Hall–Kier alpha value is -1.05. The lowest BCUT2D eigenvalue weighted by molar-refractivity contribution is -0.138. The first kappa shape index (κ1) is 40.7. The van der Waals surface area contributed by atoms with Gasteiger partial charge in [0.25, 0.3) is 0 Å². The highest BCUT2D eigenvalue weighted by Crippen LogP contribution is 2.68. The van der Waals surface area contributed by atoms with Crippen LogP contribution in [0.25, 0.3) is 0 Å². The number of hydrogen-bond donors (Lipinski definition) is 0. The van der Waals surface area contributed by atoms with E-state index in [4.69, 9.17) is 4.74 Å². The minimum atomic E-state index is -0.188. The van der Waals surface area contributed by atoms with Crippen molar-refractivity contribution in [3.63, 3.8) is 0 Å². The van der Waals surface area contributed by atoms with Crippen LogP contribution in [-0.4, -0.2) is 12.6 Å². The van der Waals surface area contributed by atoms with Crippen molar-refractivity contribution in [1.29, 1.82) is 0 Å². The summed E-state index contributed by atoms with van der Waals surface area (Å²) in [6.45, 7) is 15.6. The molecule has 0 aromatic rings. The van der Waals surface area contributed by atoms with E-state index in [1.165, 1.54) is 148 Å². The number of ether oxygens (including phenoxy) is 1. The van der Waals surface area contributed by atoms with Crippen LogP contribution in [0, 0.1) is 58.2 Å². The molecule has 0 aliphatic heterocycles. The number of carbonyl (C=O) groups is 1. The molecule has 0 aromatic heterocycles. The van der Waals surface area contributed by atoms with Gasteiger partial charge in [0.05, 0.1) is 6.61 Å². The number of fused-ring (bicyclic) bond motifs is 5. The lowest BCUT2D eigenvalue weighted by atomic mass is 9.44. The lowest BCUT2D eigenvalue weighted by Crippen LogP contribution is -2.53. The molecule has 2 heteroatoms. The van der Waals surface area contributed by atoms with Gasteiger partial charge in [-0.05, 0) is 135 Å². The molecule has 2 nitrogen and oxygen atoms in total. The Morgan fingerprint density at radius 2 is 1.41 bits per heavy atom. The summed E-state index contributed by atoms with van der Waals surface area (Å²) in [7, 11) is 0. The van der Waals surface area contributed by atoms with Gasteiger partial charge in [0.2, 0.25) is 0 Å². The first-order valence-electron chi connectivity index (χ1n) is 22.2. The third kappa shape index (κ3) is 11.5. The van der Waals surface area contributed by atoms with Gasteiger partial charge in [0.1, 0.15) is 0 Å². The number of allylic oxidation sites excluding steroid dienone is 3. The summed E-state index contributed by atoms with van der Waals surface area (Å²) < 4.78 is 5.67. The highest BCUT2D eigenvalue weighted by Gasteiger charge is 2.60. The average molecular weight is 679 g/mol. The van der Waals surface area contributed by atoms with Gasteiger partial charge in [-0.25, -0.2) is 4.79 Å². The van der Waals surface area contributed by atoms with Crippen LogP contribution in [0.2, 0.25) is 0 Å². The molecule has 0 bridgehead atoms. The van der Waals surface area contributed by atoms with Crippen molar-refractivity contribution >= 4 is 5.97 Å². The average Bonchev–Trinajstić information content (AvgIpc) is 3.44. The number of rotatable bonds is 22. The molecule has 4 aliphatic rings. The van der Waals surface area contributed by atoms with Crippen molar-refractivity contribution in [2.24, 2.45) is 58.2 Å². The van der Waals surface area contributed by atoms with Crippen molar-refractivity contribution in [2.75, 3.05) is 6.61 Å². The monoisotopic (exact) mass is 679 g/mol. The summed E-state index contributed by atoms with van der Waals surface area (Å²) in [6, 6.07) is 0. The first-order chi connectivity index (χ1) is 23.7. The molecule has 4 aliphatic carbocycles. The summed E-state index contributed by atoms with van der Waals surface area (Å²) >= 11 is 0. The summed E-state index contributed by atoms with van der Waals surface area (Å²) in [5.41, 5.74) is 1.22. The van der Waals surface area contributed by atoms with Crippen molar-refractivity contribution in [2.45, 2.75) is 202 Å². The van der Waals surface area contributed by atoms with Crippen molar-refractivity contribution in [3.8, 4) is 0 Å². The molecule has 0 amide bonds. The van der Waals surface area contributed by atoms with Crippen LogP contribution in [0.3, 0.4) is 0 Å². The van der Waals surface area contributed by atoms with E-state index >= 15 is 0 Å². The number of carbonyl (C=O) groups excluding carboxylic acids is 1. The molecule has 9 atom stereocenters. The van der Waals surface area contributed by atoms with E-state index < -0.39 is 0 Å². The van der Waals surface area contributed by atoms with Gasteiger partial charge in [-0.3, -0.25) is 0 Å². The van der Waals surface area contributed by atoms with Crippen molar-refractivity contribution in [1.82, 2.24) is 0 Å². The second-order valence-corrected chi connectivity index (χ2v) is 18.8. The standard InChI is InChI=1S/C47H82O2/c1-7-8-9-10-11-12-13-14-15-16-17-18-19-20-21-25-45(48)49-36-33-39(37(2)3)27-26-38(4)42-30-31-43-41-29-28-40-24-22-23-34-46(40,5)44(41)32-35-47(42,43)6/h19-21,25,37-44H,7-18,22-24,26-36H2,1-6H3/t38-,39+,40?,41+,42-,43+,44+,46+,47-/m1/s1. The Balaban J connectivity index is 1.09. The van der Waals surface area contributed by atoms with Gasteiger partial charge in [0, 0.05) is 6.08 Å². The second-order valence-electron chi connectivity index (χ2n) is 18.8. The fraction of sp³-hybridized carbons (Fsp3) is 0.894. The quantitative estimate of drug-likeness (QED) is 0.0493. The van der Waals surface area contributed by atoms with Crippen molar-refractivity contribution in [3.05, 3.63) is 24.3 Å². The summed E-state index contributed by atoms with van der Waals surface area (Å²) in [5.74, 6) is 6.80. The summed E-state index contributed by atoms with van der Waals surface area (Å²) in [6.07, 6.45) is 42.6. The molecule has 282 valence electrons. The zero-order valence-electron chi connectivity index (χ0n) is 33.6. The van der Waals surface area contributed by atoms with E-state index in [9.17, 15) is 4.79 Å². The molecule has 0 aromatic carbocycles. The van der Waals surface area contributed by atoms with E-state index in [0.29, 0.717) is 29.3 Å². The van der Waals surface area contributed by atoms with E-state index in [0.717, 1.165) is 48.3 Å². The van der Waals surface area contributed by atoms with Gasteiger partial charge in [-0.1, -0.05) is 143 Å². The molecular formula is C47H82O2. The van der Waals surface area contributed by atoms with Gasteiger partial charge in [0.15, 0.2) is 0 Å². The van der Waals surface area contributed by atoms with Crippen LogP contribution in [0.1, 0.15) is 202 Å². The van der Waals surface area contributed by atoms with Crippen molar-refractivity contribution < 1.29 is 9.53 Å². The van der Waals surface area contributed by atoms with Crippen LogP contribution in [0.15, 0.2) is 24.3 Å². The largest absolute Gasteiger partial charge is 0.463 e. The summed E-state index contributed by atoms with van der Waals surface area (Å²) in [5, 5.41) is 0. The van der Waals surface area contributed by atoms with E-state index in [2.05, 4.69) is 47.6 Å². The lowest BCUT2D eigenvalue weighted by Gasteiger charge is -2.61. The molecule has 0 heterocycles. The minimum Gasteiger partial charge on any atom is -0.463 e. The van der Waals surface area contributed by atoms with Gasteiger partial charge < -0.3 is 4.74 Å². The predicted molar refractivity (Wildman–Crippen MR) is 211 cm³/mol. The number of hydrogen-bond acceptors (Lipinski definition) is 2. The third-order valence-electron chi connectivity index (χ3n) is 15.5. The highest BCUT2D eigenvalue weighted by molar-refractivity contribution is 5.82. The molecule has 49 heavy (non-hydrogen) atoms. The Labute approximate surface area is 305 Å². The zero-order chi connectivity index (χ0) is 35.1.